The Labute approximate surface area is 145 Å². The van der Waals surface area contributed by atoms with Crippen LogP contribution in [-0.4, -0.2) is 27.1 Å². The molecule has 5 heteroatoms. The molecule has 0 aliphatic rings. The Morgan fingerprint density at radius 3 is 2.72 bits per heavy atom. The first kappa shape index (κ1) is 15.5. The minimum atomic E-state index is 0.571. The van der Waals surface area contributed by atoms with Crippen molar-refractivity contribution in [3.05, 3.63) is 78.4 Å². The second-order valence-electron chi connectivity index (χ2n) is 6.06. The molecule has 4 rings (SSSR count). The van der Waals surface area contributed by atoms with E-state index in [1.807, 2.05) is 12.1 Å². The molecule has 25 heavy (non-hydrogen) atoms. The first-order valence-electron chi connectivity index (χ1n) is 8.18. The van der Waals surface area contributed by atoms with Gasteiger partial charge < -0.3 is 4.52 Å². The number of nitrogens with zero attached hydrogens (tertiary/aromatic N) is 4. The zero-order valence-corrected chi connectivity index (χ0v) is 14.0. The molecule has 0 unspecified atom stereocenters. The second-order valence-corrected chi connectivity index (χ2v) is 6.06. The number of aromatic nitrogens is 3. The van der Waals surface area contributed by atoms with Gasteiger partial charge in [0.05, 0.1) is 6.54 Å². The van der Waals surface area contributed by atoms with Crippen LogP contribution in [0.15, 0.2) is 71.5 Å². The molecule has 0 saturated carbocycles. The van der Waals surface area contributed by atoms with Crippen molar-refractivity contribution in [2.45, 2.75) is 13.1 Å². The third-order valence-electron chi connectivity index (χ3n) is 4.11. The summed E-state index contributed by atoms with van der Waals surface area (Å²) in [4.78, 5) is 10.7. The van der Waals surface area contributed by atoms with E-state index in [9.17, 15) is 0 Å². The molecule has 0 saturated heterocycles. The van der Waals surface area contributed by atoms with E-state index in [2.05, 4.69) is 69.5 Å². The van der Waals surface area contributed by atoms with Gasteiger partial charge in [-0.1, -0.05) is 47.6 Å². The number of rotatable bonds is 5. The Morgan fingerprint density at radius 2 is 1.84 bits per heavy atom. The molecule has 0 amide bonds. The highest BCUT2D eigenvalue weighted by atomic mass is 16.5. The molecule has 2 aromatic carbocycles. The van der Waals surface area contributed by atoms with E-state index in [1.165, 1.54) is 16.3 Å². The highest BCUT2D eigenvalue weighted by Crippen LogP contribution is 2.20. The Balaban J connectivity index is 1.49. The van der Waals surface area contributed by atoms with Crippen LogP contribution in [0.1, 0.15) is 11.5 Å². The SMILES string of the molecule is CN(Cc1nc(-c2cccnc2)no1)Cc1cccc2ccccc12. The fourth-order valence-electron chi connectivity index (χ4n) is 2.94. The molecule has 0 atom stereocenters. The van der Waals surface area contributed by atoms with Crippen molar-refractivity contribution < 1.29 is 4.52 Å². The standard InChI is InChI=1S/C20H18N4O/c1-24(13-17-8-4-7-15-6-2-3-10-18(15)17)14-19-22-20(23-25-19)16-9-5-11-21-12-16/h2-12H,13-14H2,1H3. The van der Waals surface area contributed by atoms with Crippen molar-refractivity contribution >= 4 is 10.8 Å². The summed E-state index contributed by atoms with van der Waals surface area (Å²) < 4.78 is 5.38. The highest BCUT2D eigenvalue weighted by molar-refractivity contribution is 5.85. The van der Waals surface area contributed by atoms with Crippen LogP contribution in [-0.2, 0) is 13.1 Å². The van der Waals surface area contributed by atoms with Crippen LogP contribution in [0.25, 0.3) is 22.2 Å². The summed E-state index contributed by atoms with van der Waals surface area (Å²) in [6.45, 7) is 1.41. The fraction of sp³-hybridized carbons (Fsp3) is 0.150. The van der Waals surface area contributed by atoms with Gasteiger partial charge in [-0.15, -0.1) is 0 Å². The van der Waals surface area contributed by atoms with Crippen molar-refractivity contribution in [3.63, 3.8) is 0 Å². The monoisotopic (exact) mass is 330 g/mol. The zero-order chi connectivity index (χ0) is 17.1. The summed E-state index contributed by atoms with van der Waals surface area (Å²) in [6, 6.07) is 18.6. The minimum absolute atomic E-state index is 0.571. The molecule has 0 aliphatic heterocycles. The Kier molecular flexibility index (Phi) is 4.23. The number of fused-ring (bicyclic) bond motifs is 1. The van der Waals surface area contributed by atoms with E-state index in [0.29, 0.717) is 18.3 Å². The maximum atomic E-state index is 5.38. The van der Waals surface area contributed by atoms with Gasteiger partial charge in [0.2, 0.25) is 11.7 Å². The molecule has 4 aromatic rings. The lowest BCUT2D eigenvalue weighted by molar-refractivity contribution is 0.261. The first-order chi connectivity index (χ1) is 12.3. The lowest BCUT2D eigenvalue weighted by Gasteiger charge is -2.15. The third kappa shape index (κ3) is 3.41. The summed E-state index contributed by atoms with van der Waals surface area (Å²) in [7, 11) is 2.05. The first-order valence-corrected chi connectivity index (χ1v) is 8.18. The largest absolute Gasteiger partial charge is 0.338 e. The normalized spacial score (nSPS) is 11.3. The summed E-state index contributed by atoms with van der Waals surface area (Å²) in [5.74, 6) is 1.17. The smallest absolute Gasteiger partial charge is 0.241 e. The molecular formula is C20H18N4O. The average molecular weight is 330 g/mol. The van der Waals surface area contributed by atoms with E-state index < -0.39 is 0 Å². The van der Waals surface area contributed by atoms with Crippen molar-refractivity contribution in [2.24, 2.45) is 0 Å². The van der Waals surface area contributed by atoms with Crippen molar-refractivity contribution in [1.29, 1.82) is 0 Å². The maximum Gasteiger partial charge on any atom is 0.241 e. The summed E-state index contributed by atoms with van der Waals surface area (Å²) in [6.07, 6.45) is 3.46. The van der Waals surface area contributed by atoms with Crippen LogP contribution in [0.4, 0.5) is 0 Å². The van der Waals surface area contributed by atoms with Gasteiger partial charge in [0, 0.05) is 24.5 Å². The van der Waals surface area contributed by atoms with Gasteiger partial charge in [-0.2, -0.15) is 4.98 Å². The fourth-order valence-corrected chi connectivity index (χ4v) is 2.94. The van der Waals surface area contributed by atoms with Gasteiger partial charge in [0.15, 0.2) is 0 Å². The van der Waals surface area contributed by atoms with Gasteiger partial charge in [-0.25, -0.2) is 0 Å². The van der Waals surface area contributed by atoms with Crippen LogP contribution >= 0.6 is 0 Å². The van der Waals surface area contributed by atoms with Gasteiger partial charge >= 0.3 is 0 Å². The predicted molar refractivity (Wildman–Crippen MR) is 96.6 cm³/mol. The van der Waals surface area contributed by atoms with Crippen LogP contribution in [0.2, 0.25) is 0 Å². The molecule has 124 valence electrons. The second kappa shape index (κ2) is 6.83. The molecule has 0 radical (unpaired) electrons. The van der Waals surface area contributed by atoms with Crippen molar-refractivity contribution in [1.82, 2.24) is 20.0 Å². The molecular weight excluding hydrogens is 312 g/mol. The molecule has 0 fully saturated rings. The van der Waals surface area contributed by atoms with E-state index in [-0.39, 0.29) is 0 Å². The molecule has 0 bridgehead atoms. The van der Waals surface area contributed by atoms with Crippen LogP contribution in [0, 0.1) is 0 Å². The lowest BCUT2D eigenvalue weighted by Crippen LogP contribution is -2.17. The van der Waals surface area contributed by atoms with Crippen molar-refractivity contribution in [3.8, 4) is 11.4 Å². The Morgan fingerprint density at radius 1 is 0.960 bits per heavy atom. The number of hydrogen-bond donors (Lipinski definition) is 0. The molecule has 0 spiro atoms. The van der Waals surface area contributed by atoms with Crippen molar-refractivity contribution in [2.75, 3.05) is 7.05 Å². The Hall–Kier alpha value is -3.05. The minimum Gasteiger partial charge on any atom is -0.338 e. The summed E-state index contributed by atoms with van der Waals surface area (Å²) in [5.41, 5.74) is 2.14. The molecule has 0 N–H and O–H groups in total. The average Bonchev–Trinajstić information content (AvgIpc) is 3.11. The zero-order valence-electron chi connectivity index (χ0n) is 14.0. The number of hydrogen-bond acceptors (Lipinski definition) is 5. The van der Waals surface area contributed by atoms with E-state index in [0.717, 1.165) is 12.1 Å². The predicted octanol–water partition coefficient (Wildman–Crippen LogP) is 3.92. The number of benzene rings is 2. The highest BCUT2D eigenvalue weighted by Gasteiger charge is 2.12. The molecule has 2 aromatic heterocycles. The summed E-state index contributed by atoms with van der Waals surface area (Å²) >= 11 is 0. The van der Waals surface area contributed by atoms with E-state index in [4.69, 9.17) is 4.52 Å². The van der Waals surface area contributed by atoms with E-state index >= 15 is 0 Å². The topological polar surface area (TPSA) is 55.1 Å². The lowest BCUT2D eigenvalue weighted by atomic mass is 10.0. The van der Waals surface area contributed by atoms with Gasteiger partial charge in [-0.3, -0.25) is 9.88 Å². The van der Waals surface area contributed by atoms with Crippen LogP contribution in [0.3, 0.4) is 0 Å². The third-order valence-corrected chi connectivity index (χ3v) is 4.11. The Bertz CT molecular complexity index is 976. The van der Waals surface area contributed by atoms with Crippen LogP contribution in [0.5, 0.6) is 0 Å². The van der Waals surface area contributed by atoms with Gasteiger partial charge in [0.1, 0.15) is 0 Å². The quantitative estimate of drug-likeness (QED) is 0.555. The molecule has 0 aliphatic carbocycles. The van der Waals surface area contributed by atoms with E-state index in [1.54, 1.807) is 12.4 Å². The maximum absolute atomic E-state index is 5.38. The molecule has 2 heterocycles. The summed E-state index contributed by atoms with van der Waals surface area (Å²) in [5, 5.41) is 6.57. The van der Waals surface area contributed by atoms with Gasteiger partial charge in [0.25, 0.3) is 0 Å². The number of pyridine rings is 1. The van der Waals surface area contributed by atoms with Gasteiger partial charge in [-0.05, 0) is 35.5 Å². The molecule has 5 nitrogen and oxygen atoms in total. The van der Waals surface area contributed by atoms with Crippen LogP contribution < -0.4 is 0 Å².